The fraction of sp³-hybridized carbons (Fsp3) is 0.296. The van der Waals surface area contributed by atoms with Gasteiger partial charge in [0.25, 0.3) is 0 Å². The van der Waals surface area contributed by atoms with Gasteiger partial charge in [-0.05, 0) is 29.3 Å². The molecule has 0 bridgehead atoms. The minimum atomic E-state index is -3.96. The molecule has 1 fully saturated rings. The second-order valence-corrected chi connectivity index (χ2v) is 11.1. The van der Waals surface area contributed by atoms with E-state index in [0.29, 0.717) is 29.2 Å². The van der Waals surface area contributed by atoms with Crippen molar-refractivity contribution in [1.29, 1.82) is 0 Å². The number of benzene rings is 3. The number of carbonyl (C=O) groups is 1. The van der Waals surface area contributed by atoms with Gasteiger partial charge in [0.05, 0.1) is 18.0 Å². The standard InChI is InChI=1S/C27H30N4O5S/c28-27(32)25-26(22-12-7-13-23(24(22)30-25)29-16-19-8-3-1-4-9-19)37(33,34)31-14-15-35-21(17-31)18-36-20-10-5-2-6-11-20/h1-13,21,25-26,29-30H,14-18H2,(H2,28,32)/t21-,25?,26?/m0/s1. The Labute approximate surface area is 216 Å². The normalized spacial score (nSPS) is 21.6. The van der Waals surface area contributed by atoms with Crippen LogP contribution in [0.4, 0.5) is 11.4 Å². The van der Waals surface area contributed by atoms with Crippen molar-refractivity contribution < 1.29 is 22.7 Å². The van der Waals surface area contributed by atoms with E-state index in [0.717, 1.165) is 5.56 Å². The van der Waals surface area contributed by atoms with Crippen LogP contribution in [0.1, 0.15) is 16.4 Å². The average Bonchev–Trinajstić information content (AvgIpc) is 3.34. The fourth-order valence-electron chi connectivity index (χ4n) is 4.76. The van der Waals surface area contributed by atoms with Crippen molar-refractivity contribution >= 4 is 27.3 Å². The molecule has 10 heteroatoms. The summed E-state index contributed by atoms with van der Waals surface area (Å²) in [6.45, 7) is 1.30. The third-order valence-corrected chi connectivity index (χ3v) is 8.82. The molecule has 4 N–H and O–H groups in total. The van der Waals surface area contributed by atoms with Crippen molar-refractivity contribution in [3.05, 3.63) is 90.0 Å². The van der Waals surface area contributed by atoms with Crippen molar-refractivity contribution in [1.82, 2.24) is 4.31 Å². The number of para-hydroxylation sites is 2. The van der Waals surface area contributed by atoms with E-state index in [2.05, 4.69) is 10.6 Å². The molecule has 5 rings (SSSR count). The van der Waals surface area contributed by atoms with Crippen molar-refractivity contribution in [3.63, 3.8) is 0 Å². The molecule has 2 aliphatic heterocycles. The van der Waals surface area contributed by atoms with Crippen LogP contribution in [0.2, 0.25) is 0 Å². The number of nitrogens with zero attached hydrogens (tertiary/aromatic N) is 1. The van der Waals surface area contributed by atoms with Crippen molar-refractivity contribution in [3.8, 4) is 5.75 Å². The van der Waals surface area contributed by atoms with E-state index >= 15 is 0 Å². The third-order valence-electron chi connectivity index (χ3n) is 6.60. The average molecular weight is 523 g/mol. The Bertz CT molecular complexity index is 1340. The number of hydrogen-bond donors (Lipinski definition) is 3. The molecule has 3 aromatic rings. The lowest BCUT2D eigenvalue weighted by atomic mass is 10.1. The summed E-state index contributed by atoms with van der Waals surface area (Å²) in [5, 5.41) is 5.30. The van der Waals surface area contributed by atoms with Crippen LogP contribution in [0.15, 0.2) is 78.9 Å². The molecule has 2 heterocycles. The first-order valence-corrected chi connectivity index (χ1v) is 13.7. The molecule has 0 aliphatic carbocycles. The second-order valence-electron chi connectivity index (χ2n) is 9.07. The van der Waals surface area contributed by atoms with E-state index < -0.39 is 33.3 Å². The monoisotopic (exact) mass is 522 g/mol. The minimum Gasteiger partial charge on any atom is -0.491 e. The van der Waals surface area contributed by atoms with Gasteiger partial charge in [0.15, 0.2) is 0 Å². The summed E-state index contributed by atoms with van der Waals surface area (Å²) >= 11 is 0. The van der Waals surface area contributed by atoms with Crippen LogP contribution in [0.25, 0.3) is 0 Å². The highest BCUT2D eigenvalue weighted by Crippen LogP contribution is 2.45. The maximum Gasteiger partial charge on any atom is 0.241 e. The number of sulfonamides is 1. The largest absolute Gasteiger partial charge is 0.491 e. The SMILES string of the molecule is NC(=O)C1Nc2c(NCc3ccccc3)cccc2C1S(=O)(=O)N1CCO[C@H](COc2ccccc2)C1. The summed E-state index contributed by atoms with van der Waals surface area (Å²) in [6.07, 6.45) is -0.441. The Balaban J connectivity index is 1.36. The molecular weight excluding hydrogens is 492 g/mol. The number of fused-ring (bicyclic) bond motifs is 1. The first-order chi connectivity index (χ1) is 17.9. The highest BCUT2D eigenvalue weighted by atomic mass is 32.2. The van der Waals surface area contributed by atoms with Crippen molar-refractivity contribution in [2.75, 3.05) is 36.9 Å². The lowest BCUT2D eigenvalue weighted by Crippen LogP contribution is -2.51. The number of hydrogen-bond acceptors (Lipinski definition) is 7. The van der Waals surface area contributed by atoms with Gasteiger partial charge in [-0.2, -0.15) is 4.31 Å². The van der Waals surface area contributed by atoms with Crippen LogP contribution in [0.3, 0.4) is 0 Å². The number of carbonyl (C=O) groups excluding carboxylic acids is 1. The number of nitrogens with two attached hydrogens (primary N) is 1. The smallest absolute Gasteiger partial charge is 0.241 e. The van der Waals surface area contributed by atoms with E-state index in [1.807, 2.05) is 66.7 Å². The Hall–Kier alpha value is -3.60. The van der Waals surface area contributed by atoms with E-state index in [9.17, 15) is 13.2 Å². The van der Waals surface area contributed by atoms with Gasteiger partial charge in [-0.25, -0.2) is 8.42 Å². The molecule has 1 saturated heterocycles. The fourth-order valence-corrected chi connectivity index (χ4v) is 6.85. The van der Waals surface area contributed by atoms with E-state index in [1.165, 1.54) is 4.31 Å². The number of anilines is 2. The number of primary amides is 1. The first-order valence-electron chi connectivity index (χ1n) is 12.2. The molecule has 3 atom stereocenters. The van der Waals surface area contributed by atoms with Gasteiger partial charge in [0, 0.05) is 19.6 Å². The molecule has 0 radical (unpaired) electrons. The summed E-state index contributed by atoms with van der Waals surface area (Å²) in [7, 11) is -3.96. The topological polar surface area (TPSA) is 123 Å². The number of amides is 1. The van der Waals surface area contributed by atoms with Crippen molar-refractivity contribution in [2.24, 2.45) is 5.73 Å². The first kappa shape index (κ1) is 25.1. The molecule has 3 aromatic carbocycles. The number of rotatable bonds is 9. The summed E-state index contributed by atoms with van der Waals surface area (Å²) < 4.78 is 40.8. The maximum absolute atomic E-state index is 13.9. The molecule has 2 unspecified atom stereocenters. The molecule has 2 aliphatic rings. The van der Waals surface area contributed by atoms with Crippen LogP contribution in [-0.2, 0) is 26.1 Å². The van der Waals surface area contributed by atoms with E-state index in [4.69, 9.17) is 15.2 Å². The second kappa shape index (κ2) is 10.8. The lowest BCUT2D eigenvalue weighted by Gasteiger charge is -2.34. The van der Waals surface area contributed by atoms with Gasteiger partial charge < -0.3 is 25.8 Å². The zero-order valence-corrected chi connectivity index (χ0v) is 21.1. The van der Waals surface area contributed by atoms with Gasteiger partial charge in [0.1, 0.15) is 29.8 Å². The summed E-state index contributed by atoms with van der Waals surface area (Å²) in [6, 6.07) is 23.4. The summed E-state index contributed by atoms with van der Waals surface area (Å²) in [5.74, 6) is -0.0414. The van der Waals surface area contributed by atoms with Crippen LogP contribution in [0.5, 0.6) is 5.75 Å². The zero-order chi connectivity index (χ0) is 25.8. The van der Waals surface area contributed by atoms with Gasteiger partial charge in [-0.15, -0.1) is 0 Å². The molecule has 194 valence electrons. The third kappa shape index (κ3) is 5.41. The Kier molecular flexibility index (Phi) is 7.31. The van der Waals surface area contributed by atoms with Crippen LogP contribution in [-0.4, -0.2) is 57.1 Å². The Morgan fingerprint density at radius 2 is 1.78 bits per heavy atom. The number of ether oxygens (including phenoxy) is 2. The highest BCUT2D eigenvalue weighted by molar-refractivity contribution is 7.89. The van der Waals surface area contributed by atoms with Crippen LogP contribution < -0.4 is 21.1 Å². The minimum absolute atomic E-state index is 0.123. The van der Waals surface area contributed by atoms with Crippen LogP contribution in [0, 0.1) is 0 Å². The molecule has 1 amide bonds. The van der Waals surface area contributed by atoms with Gasteiger partial charge in [-0.1, -0.05) is 60.7 Å². The van der Waals surface area contributed by atoms with Gasteiger partial charge in [-0.3, -0.25) is 4.79 Å². The van der Waals surface area contributed by atoms with Gasteiger partial charge in [0.2, 0.25) is 15.9 Å². The molecule has 37 heavy (non-hydrogen) atoms. The summed E-state index contributed by atoms with van der Waals surface area (Å²) in [4.78, 5) is 12.4. The lowest BCUT2D eigenvalue weighted by molar-refractivity contribution is -0.118. The van der Waals surface area contributed by atoms with E-state index in [1.54, 1.807) is 12.1 Å². The molecule has 9 nitrogen and oxygen atoms in total. The van der Waals surface area contributed by atoms with Crippen molar-refractivity contribution in [2.45, 2.75) is 23.9 Å². The Morgan fingerprint density at radius 3 is 2.51 bits per heavy atom. The highest BCUT2D eigenvalue weighted by Gasteiger charge is 2.48. The summed E-state index contributed by atoms with van der Waals surface area (Å²) in [5.41, 5.74) is 8.58. The quantitative estimate of drug-likeness (QED) is 0.395. The Morgan fingerprint density at radius 1 is 1.05 bits per heavy atom. The predicted molar refractivity (Wildman–Crippen MR) is 142 cm³/mol. The molecular formula is C27H30N4O5S. The predicted octanol–water partition coefficient (Wildman–Crippen LogP) is 2.73. The van der Waals surface area contributed by atoms with Crippen LogP contribution >= 0.6 is 0 Å². The van der Waals surface area contributed by atoms with E-state index in [-0.39, 0.29) is 26.3 Å². The van der Waals surface area contributed by atoms with Gasteiger partial charge >= 0.3 is 0 Å². The molecule has 0 saturated carbocycles. The maximum atomic E-state index is 13.9. The molecule has 0 spiro atoms. The molecule has 0 aromatic heterocycles. The zero-order valence-electron chi connectivity index (χ0n) is 20.2. The number of nitrogens with one attached hydrogen (secondary N) is 2. The number of morpholine rings is 1.